The van der Waals surface area contributed by atoms with Gasteiger partial charge in [0.2, 0.25) is 11.8 Å². The van der Waals surface area contributed by atoms with E-state index in [1.807, 2.05) is 49.8 Å². The van der Waals surface area contributed by atoms with Gasteiger partial charge in [-0.2, -0.15) is 0 Å². The second kappa shape index (κ2) is 15.2. The van der Waals surface area contributed by atoms with Crippen molar-refractivity contribution < 1.29 is 33.4 Å². The van der Waals surface area contributed by atoms with Gasteiger partial charge in [-0.25, -0.2) is 19.6 Å². The van der Waals surface area contributed by atoms with Crippen molar-refractivity contribution in [2.45, 2.75) is 90.7 Å². The van der Waals surface area contributed by atoms with Gasteiger partial charge in [0.25, 0.3) is 0 Å². The first kappa shape index (κ1) is 39.3. The fourth-order valence-corrected chi connectivity index (χ4v) is 9.80. The maximum Gasteiger partial charge on any atom is 0.407 e. The van der Waals surface area contributed by atoms with E-state index in [-0.39, 0.29) is 41.8 Å². The summed E-state index contributed by atoms with van der Waals surface area (Å²) in [6, 6.07) is 12.9. The summed E-state index contributed by atoms with van der Waals surface area (Å²) in [7, 11) is 2.59. The molecule has 0 radical (unpaired) electrons. The van der Waals surface area contributed by atoms with E-state index in [1.54, 1.807) is 0 Å². The van der Waals surface area contributed by atoms with Crippen LogP contribution in [0.2, 0.25) is 0 Å². The number of nitrogens with zero attached hydrogens (tertiary/aromatic N) is 4. The summed E-state index contributed by atoms with van der Waals surface area (Å²) in [5.74, 6) is 2.52. The number of carbonyl (C=O) groups excluding carboxylic acids is 4. The average Bonchev–Trinajstić information content (AvgIpc) is 3.90. The molecule has 5 aromatic rings. The van der Waals surface area contributed by atoms with Gasteiger partial charge in [-0.15, -0.1) is 0 Å². The molecule has 9 rings (SSSR count). The van der Waals surface area contributed by atoms with Crippen LogP contribution in [-0.4, -0.2) is 92.6 Å². The van der Waals surface area contributed by atoms with Crippen LogP contribution in [0.1, 0.15) is 83.2 Å². The van der Waals surface area contributed by atoms with Crippen molar-refractivity contribution >= 4 is 45.8 Å². The molecular weight excluding hydrogens is 765 g/mol. The number of likely N-dealkylation sites (tertiary alicyclic amines) is 2. The largest absolute Gasteiger partial charge is 0.488 e. The molecular formula is C45H52N8O7. The minimum Gasteiger partial charge on any atom is -0.488 e. The highest BCUT2D eigenvalue weighted by atomic mass is 16.5. The van der Waals surface area contributed by atoms with Crippen molar-refractivity contribution in [3.8, 4) is 28.1 Å². The predicted molar refractivity (Wildman–Crippen MR) is 224 cm³/mol. The molecule has 3 aromatic carbocycles. The second-order valence-corrected chi connectivity index (χ2v) is 17.4. The highest BCUT2D eigenvalue weighted by Crippen LogP contribution is 2.58. The molecule has 0 spiro atoms. The van der Waals surface area contributed by atoms with E-state index in [9.17, 15) is 19.2 Å². The Balaban J connectivity index is 0.967. The van der Waals surface area contributed by atoms with Gasteiger partial charge in [0, 0.05) is 23.5 Å². The predicted octanol–water partition coefficient (Wildman–Crippen LogP) is 7.00. The lowest BCUT2D eigenvalue weighted by Gasteiger charge is -2.32. The van der Waals surface area contributed by atoms with Crippen molar-refractivity contribution in [2.24, 2.45) is 23.7 Å². The number of ether oxygens (including phenoxy) is 3. The first-order valence-electron chi connectivity index (χ1n) is 21.0. The molecule has 1 saturated carbocycles. The molecule has 2 saturated heterocycles. The van der Waals surface area contributed by atoms with Crippen LogP contribution in [0.5, 0.6) is 5.75 Å². The Kier molecular flexibility index (Phi) is 9.94. The number of alkyl carbamates (subject to hydrolysis) is 2. The number of hydrogen-bond acceptors (Lipinski definition) is 9. The molecule has 1 aliphatic carbocycles. The van der Waals surface area contributed by atoms with Crippen molar-refractivity contribution in [3.63, 3.8) is 0 Å². The van der Waals surface area contributed by atoms with Gasteiger partial charge >= 0.3 is 12.2 Å². The minimum atomic E-state index is -0.710. The van der Waals surface area contributed by atoms with Crippen molar-refractivity contribution in [3.05, 3.63) is 65.9 Å². The number of aromatic nitrogens is 4. The number of amides is 4. The molecule has 314 valence electrons. The molecule has 4 amide bonds. The van der Waals surface area contributed by atoms with E-state index >= 15 is 0 Å². The SMILES string of the molecule is COC(=O)NC(C(=O)N1CCC[C@H]1c1ncc(-c2ccc3c(c2)COc2cc4c(ccc5nc([C@@H]6CC7C([C@@H]7C)N6C(=O)[C@@H](NC(=O)OC)C(C)C)[nH]c54)cc2-3)[nH]1)C(C)C. The molecule has 3 fully saturated rings. The van der Waals surface area contributed by atoms with E-state index in [0.29, 0.717) is 30.8 Å². The third-order valence-corrected chi connectivity index (χ3v) is 13.1. The Hall–Kier alpha value is -6.12. The third-order valence-electron chi connectivity index (χ3n) is 13.1. The maximum atomic E-state index is 14.1. The Labute approximate surface area is 347 Å². The van der Waals surface area contributed by atoms with Crippen molar-refractivity contribution in [2.75, 3.05) is 20.8 Å². The number of nitrogens with one attached hydrogen (secondary N) is 4. The van der Waals surface area contributed by atoms with Gasteiger partial charge in [-0.3, -0.25) is 9.59 Å². The van der Waals surface area contributed by atoms with Crippen molar-refractivity contribution in [1.29, 1.82) is 0 Å². The Morgan fingerprint density at radius 2 is 1.60 bits per heavy atom. The van der Waals surface area contributed by atoms with Crippen LogP contribution < -0.4 is 15.4 Å². The standard InChI is InChI=1S/C45H52N8O7/c1-21(2)36(50-44(56)58-6)42(54)52-14-8-9-33(52)40-46-19-32(48-40)25-10-12-27-26(15-25)20-60-35-18-29-24(16-30(27)35)11-13-31-38(29)49-41(47-31)34-17-28-23(5)39(28)53(34)43(55)37(22(3)4)51-45(57)59-7/h10-13,15-16,18-19,21-23,28,33-34,36-37,39H,8-9,14,17,20H2,1-7H3,(H,46,48)(H,47,49)(H,50,56)(H,51,57)/t23-,28?,33+,34+,36?,37+,39?/m1/s1. The quantitative estimate of drug-likeness (QED) is 0.122. The molecule has 2 aromatic heterocycles. The zero-order valence-corrected chi connectivity index (χ0v) is 35.0. The number of H-pyrrole nitrogens is 2. The van der Waals surface area contributed by atoms with E-state index in [4.69, 9.17) is 24.2 Å². The van der Waals surface area contributed by atoms with E-state index in [1.165, 1.54) is 14.2 Å². The van der Waals surface area contributed by atoms with Crippen LogP contribution in [0.25, 0.3) is 44.2 Å². The van der Waals surface area contributed by atoms with Gasteiger partial charge in [0.05, 0.1) is 49.2 Å². The van der Waals surface area contributed by atoms with Gasteiger partial charge < -0.3 is 44.6 Å². The number of piperidine rings is 1. The number of rotatable bonds is 9. The molecule has 3 aliphatic heterocycles. The smallest absolute Gasteiger partial charge is 0.407 e. The Morgan fingerprint density at radius 3 is 2.32 bits per heavy atom. The fraction of sp³-hybridized carbons (Fsp3) is 0.467. The van der Waals surface area contributed by atoms with E-state index in [2.05, 4.69) is 63.9 Å². The topological polar surface area (TPSA) is 184 Å². The number of methoxy groups -OCH3 is 2. The van der Waals surface area contributed by atoms with Crippen molar-refractivity contribution in [1.82, 2.24) is 40.4 Å². The molecule has 4 N–H and O–H groups in total. The normalized spacial score (nSPS) is 22.6. The van der Waals surface area contributed by atoms with Gasteiger partial charge in [0.15, 0.2) is 0 Å². The number of imidazole rings is 2. The van der Waals surface area contributed by atoms with Gasteiger partial charge in [-0.1, -0.05) is 52.8 Å². The van der Waals surface area contributed by atoms with Gasteiger partial charge in [-0.05, 0) is 89.3 Å². The lowest BCUT2D eigenvalue weighted by Crippen LogP contribution is -2.52. The number of aromatic amines is 2. The van der Waals surface area contributed by atoms with Crippen LogP contribution >= 0.6 is 0 Å². The summed E-state index contributed by atoms with van der Waals surface area (Å²) in [5.41, 5.74) is 6.64. The number of hydrogen-bond donors (Lipinski definition) is 4. The molecule has 0 bridgehead atoms. The second-order valence-electron chi connectivity index (χ2n) is 17.4. The highest BCUT2D eigenvalue weighted by Gasteiger charge is 2.61. The summed E-state index contributed by atoms with van der Waals surface area (Å²) in [4.78, 5) is 72.7. The summed E-state index contributed by atoms with van der Waals surface area (Å²) < 4.78 is 16.1. The Morgan fingerprint density at radius 1 is 0.867 bits per heavy atom. The molecule has 7 atom stereocenters. The van der Waals surface area contributed by atoms with E-state index in [0.717, 1.165) is 80.6 Å². The molecule has 3 unspecified atom stereocenters. The first-order valence-corrected chi connectivity index (χ1v) is 21.0. The van der Waals surface area contributed by atoms with Crippen LogP contribution in [0.4, 0.5) is 9.59 Å². The summed E-state index contributed by atoms with van der Waals surface area (Å²) >= 11 is 0. The molecule has 5 heterocycles. The number of benzene rings is 3. The lowest BCUT2D eigenvalue weighted by atomic mass is 9.92. The van der Waals surface area contributed by atoms with Crippen LogP contribution in [0.15, 0.2) is 48.7 Å². The minimum absolute atomic E-state index is 0.110. The number of carbonyl (C=O) groups is 4. The third kappa shape index (κ3) is 6.67. The molecule has 15 heteroatoms. The molecule has 4 aliphatic rings. The average molecular weight is 817 g/mol. The van der Waals surface area contributed by atoms with Gasteiger partial charge in [0.1, 0.15) is 36.1 Å². The zero-order valence-electron chi connectivity index (χ0n) is 35.0. The number of fused-ring (bicyclic) bond motifs is 7. The van der Waals surface area contributed by atoms with E-state index < -0.39 is 24.3 Å². The summed E-state index contributed by atoms with van der Waals surface area (Å²) in [5, 5.41) is 7.49. The summed E-state index contributed by atoms with van der Waals surface area (Å²) in [6.45, 7) is 10.8. The summed E-state index contributed by atoms with van der Waals surface area (Å²) in [6.07, 6.45) is 2.98. The monoisotopic (exact) mass is 816 g/mol. The first-order chi connectivity index (χ1) is 28.9. The lowest BCUT2D eigenvalue weighted by molar-refractivity contribution is -0.137. The fourth-order valence-electron chi connectivity index (χ4n) is 9.80. The Bertz CT molecular complexity index is 2530. The van der Waals surface area contributed by atoms with Crippen LogP contribution in [0.3, 0.4) is 0 Å². The molecule has 15 nitrogen and oxygen atoms in total. The van der Waals surface area contributed by atoms with Crippen LogP contribution in [0, 0.1) is 23.7 Å². The maximum absolute atomic E-state index is 14.1. The highest BCUT2D eigenvalue weighted by molar-refractivity contribution is 6.07. The molecule has 60 heavy (non-hydrogen) atoms. The van der Waals surface area contributed by atoms with Crippen LogP contribution in [-0.2, 0) is 25.7 Å². The zero-order chi connectivity index (χ0) is 42.1.